The Kier molecular flexibility index (Phi) is 3.40. The number of methoxy groups -OCH3 is 1. The molecule has 0 N–H and O–H groups in total. The summed E-state index contributed by atoms with van der Waals surface area (Å²) in [5, 5.41) is 0.431. The molecule has 86 valence electrons. The van der Waals surface area contributed by atoms with Gasteiger partial charge in [0.25, 0.3) is 0 Å². The van der Waals surface area contributed by atoms with Crippen molar-refractivity contribution in [1.82, 2.24) is 4.98 Å². The van der Waals surface area contributed by atoms with Crippen LogP contribution in [0.25, 0.3) is 0 Å². The highest BCUT2D eigenvalue weighted by molar-refractivity contribution is 6.34. The lowest BCUT2D eigenvalue weighted by Gasteiger charge is -2.04. The van der Waals surface area contributed by atoms with E-state index in [1.54, 1.807) is 36.5 Å². The van der Waals surface area contributed by atoms with Crippen LogP contribution in [0.4, 0.5) is 0 Å². The molecule has 0 spiro atoms. The van der Waals surface area contributed by atoms with Crippen molar-refractivity contribution in [2.45, 2.75) is 0 Å². The molecule has 0 amide bonds. The number of ether oxygens (including phenoxy) is 1. The second-order valence-corrected chi connectivity index (χ2v) is 3.83. The van der Waals surface area contributed by atoms with Gasteiger partial charge in [-0.05, 0) is 18.2 Å². The van der Waals surface area contributed by atoms with Crippen molar-refractivity contribution < 1.29 is 9.53 Å². The van der Waals surface area contributed by atoms with Gasteiger partial charge in [-0.1, -0.05) is 23.7 Å². The van der Waals surface area contributed by atoms with Crippen LogP contribution in [0.5, 0.6) is 5.75 Å². The van der Waals surface area contributed by atoms with Gasteiger partial charge in [-0.3, -0.25) is 9.78 Å². The summed E-state index contributed by atoms with van der Waals surface area (Å²) in [7, 11) is 1.53. The summed E-state index contributed by atoms with van der Waals surface area (Å²) in [5.41, 5.74) is 0.918. The molecule has 0 atom stereocenters. The van der Waals surface area contributed by atoms with Gasteiger partial charge < -0.3 is 4.74 Å². The van der Waals surface area contributed by atoms with E-state index in [1.165, 1.54) is 13.3 Å². The van der Waals surface area contributed by atoms with Crippen LogP contribution in [-0.2, 0) is 0 Å². The van der Waals surface area contributed by atoms with Gasteiger partial charge in [0.15, 0.2) is 5.78 Å². The minimum atomic E-state index is -0.165. The molecule has 0 radical (unpaired) electrons. The van der Waals surface area contributed by atoms with Crippen molar-refractivity contribution in [3.63, 3.8) is 0 Å². The summed E-state index contributed by atoms with van der Waals surface area (Å²) < 4.78 is 5.02. The first-order valence-corrected chi connectivity index (χ1v) is 5.38. The molecular weight excluding hydrogens is 238 g/mol. The monoisotopic (exact) mass is 247 g/mol. The quantitative estimate of drug-likeness (QED) is 0.783. The Morgan fingerprint density at radius 2 is 2.06 bits per heavy atom. The Morgan fingerprint density at radius 3 is 2.76 bits per heavy atom. The Bertz CT molecular complexity index is 555. The van der Waals surface area contributed by atoms with E-state index in [9.17, 15) is 4.79 Å². The first-order valence-electron chi connectivity index (χ1n) is 5.00. The number of nitrogens with zero attached hydrogens (tertiary/aromatic N) is 1. The van der Waals surface area contributed by atoms with Gasteiger partial charge in [0.2, 0.25) is 0 Å². The van der Waals surface area contributed by atoms with Crippen molar-refractivity contribution in [3.05, 3.63) is 58.9 Å². The van der Waals surface area contributed by atoms with Gasteiger partial charge in [0, 0.05) is 17.3 Å². The number of aromatic nitrogens is 1. The second-order valence-electron chi connectivity index (χ2n) is 3.42. The van der Waals surface area contributed by atoms with Crippen LogP contribution in [0, 0.1) is 0 Å². The zero-order valence-electron chi connectivity index (χ0n) is 9.18. The van der Waals surface area contributed by atoms with Crippen LogP contribution in [0.2, 0.25) is 5.02 Å². The number of hydrogen-bond acceptors (Lipinski definition) is 3. The maximum atomic E-state index is 12.2. The third kappa shape index (κ3) is 2.45. The van der Waals surface area contributed by atoms with Crippen LogP contribution in [0.1, 0.15) is 15.9 Å². The Labute approximate surface area is 104 Å². The number of carbonyl (C=O) groups is 1. The van der Waals surface area contributed by atoms with Crippen LogP contribution in [0.15, 0.2) is 42.7 Å². The molecule has 3 nitrogen and oxygen atoms in total. The first kappa shape index (κ1) is 11.6. The van der Waals surface area contributed by atoms with E-state index in [-0.39, 0.29) is 5.78 Å². The molecule has 2 aromatic rings. The number of pyridine rings is 1. The predicted octanol–water partition coefficient (Wildman–Crippen LogP) is 2.97. The predicted molar refractivity (Wildman–Crippen MR) is 65.7 cm³/mol. The zero-order valence-corrected chi connectivity index (χ0v) is 9.94. The van der Waals surface area contributed by atoms with E-state index in [2.05, 4.69) is 4.98 Å². The first-order chi connectivity index (χ1) is 8.22. The molecule has 2 rings (SSSR count). The molecule has 1 heterocycles. The second kappa shape index (κ2) is 4.97. The maximum Gasteiger partial charge on any atom is 0.196 e. The minimum absolute atomic E-state index is 0.165. The SMILES string of the molecule is COc1cncc(C(=O)c2ccccc2Cl)c1. The number of hydrogen-bond donors (Lipinski definition) is 0. The van der Waals surface area contributed by atoms with Crippen molar-refractivity contribution in [1.29, 1.82) is 0 Å². The lowest BCUT2D eigenvalue weighted by Crippen LogP contribution is -2.03. The molecule has 0 fully saturated rings. The summed E-state index contributed by atoms with van der Waals surface area (Å²) >= 11 is 5.97. The molecular formula is C13H10ClNO2. The number of benzene rings is 1. The smallest absolute Gasteiger partial charge is 0.196 e. The fraction of sp³-hybridized carbons (Fsp3) is 0.0769. The highest BCUT2D eigenvalue weighted by atomic mass is 35.5. The Hall–Kier alpha value is -1.87. The molecule has 17 heavy (non-hydrogen) atoms. The molecule has 1 aromatic heterocycles. The zero-order chi connectivity index (χ0) is 12.3. The topological polar surface area (TPSA) is 39.2 Å². The summed E-state index contributed by atoms with van der Waals surface area (Å²) in [6.07, 6.45) is 3.04. The largest absolute Gasteiger partial charge is 0.495 e. The average molecular weight is 248 g/mol. The summed E-state index contributed by atoms with van der Waals surface area (Å²) in [6.45, 7) is 0. The molecule has 0 unspecified atom stereocenters. The average Bonchev–Trinajstić information content (AvgIpc) is 2.38. The molecule has 4 heteroatoms. The molecule has 1 aromatic carbocycles. The standard InChI is InChI=1S/C13H10ClNO2/c1-17-10-6-9(7-15-8-10)13(16)11-4-2-3-5-12(11)14/h2-8H,1H3. The van der Waals surface area contributed by atoms with Gasteiger partial charge >= 0.3 is 0 Å². The number of halogens is 1. The van der Waals surface area contributed by atoms with Crippen molar-refractivity contribution in [3.8, 4) is 5.75 Å². The van der Waals surface area contributed by atoms with Gasteiger partial charge in [-0.15, -0.1) is 0 Å². The van der Waals surface area contributed by atoms with Crippen LogP contribution in [0.3, 0.4) is 0 Å². The van der Waals surface area contributed by atoms with Crippen molar-refractivity contribution in [2.75, 3.05) is 7.11 Å². The van der Waals surface area contributed by atoms with Gasteiger partial charge in [0.05, 0.1) is 18.3 Å². The lowest BCUT2D eigenvalue weighted by atomic mass is 10.1. The highest BCUT2D eigenvalue weighted by Gasteiger charge is 2.13. The normalized spacial score (nSPS) is 10.0. The van der Waals surface area contributed by atoms with E-state index in [0.29, 0.717) is 21.9 Å². The van der Waals surface area contributed by atoms with Gasteiger partial charge in [-0.2, -0.15) is 0 Å². The molecule has 0 saturated heterocycles. The maximum absolute atomic E-state index is 12.2. The van der Waals surface area contributed by atoms with Crippen LogP contribution in [-0.4, -0.2) is 17.9 Å². The van der Waals surface area contributed by atoms with E-state index >= 15 is 0 Å². The number of carbonyl (C=O) groups excluding carboxylic acids is 1. The summed E-state index contributed by atoms with van der Waals surface area (Å²) in [5.74, 6) is 0.380. The van der Waals surface area contributed by atoms with Crippen LogP contribution >= 0.6 is 11.6 Å². The summed E-state index contributed by atoms with van der Waals surface area (Å²) in [4.78, 5) is 16.1. The Morgan fingerprint density at radius 1 is 1.29 bits per heavy atom. The Balaban J connectivity index is 2.40. The number of ketones is 1. The molecule has 0 aliphatic carbocycles. The molecule has 0 saturated carbocycles. The van der Waals surface area contributed by atoms with E-state index in [0.717, 1.165) is 0 Å². The summed E-state index contributed by atoms with van der Waals surface area (Å²) in [6, 6.07) is 8.56. The minimum Gasteiger partial charge on any atom is -0.495 e. The van der Waals surface area contributed by atoms with Crippen LogP contribution < -0.4 is 4.74 Å². The molecule has 0 aliphatic rings. The van der Waals surface area contributed by atoms with E-state index < -0.39 is 0 Å². The number of rotatable bonds is 3. The van der Waals surface area contributed by atoms with Gasteiger partial charge in [-0.25, -0.2) is 0 Å². The van der Waals surface area contributed by atoms with E-state index in [1.807, 2.05) is 0 Å². The van der Waals surface area contributed by atoms with E-state index in [4.69, 9.17) is 16.3 Å². The van der Waals surface area contributed by atoms with Crippen molar-refractivity contribution >= 4 is 17.4 Å². The highest BCUT2D eigenvalue weighted by Crippen LogP contribution is 2.20. The molecule has 0 aliphatic heterocycles. The third-order valence-corrected chi connectivity index (χ3v) is 2.66. The third-order valence-electron chi connectivity index (χ3n) is 2.33. The lowest BCUT2D eigenvalue weighted by molar-refractivity contribution is 0.103. The van der Waals surface area contributed by atoms with Gasteiger partial charge in [0.1, 0.15) is 5.75 Å². The van der Waals surface area contributed by atoms with Crippen molar-refractivity contribution in [2.24, 2.45) is 0 Å². The molecule has 0 bridgehead atoms. The fourth-order valence-corrected chi connectivity index (χ4v) is 1.68. The fourth-order valence-electron chi connectivity index (χ4n) is 1.46.